The minimum absolute atomic E-state index is 0.0114. The van der Waals surface area contributed by atoms with E-state index in [2.05, 4.69) is 46.4 Å². The predicted molar refractivity (Wildman–Crippen MR) is 135 cm³/mol. The summed E-state index contributed by atoms with van der Waals surface area (Å²) in [5, 5.41) is 3.35. The lowest BCUT2D eigenvalue weighted by molar-refractivity contribution is -0.135. The van der Waals surface area contributed by atoms with Gasteiger partial charge < -0.3 is 15.1 Å². The van der Waals surface area contributed by atoms with E-state index in [4.69, 9.17) is 0 Å². The van der Waals surface area contributed by atoms with Gasteiger partial charge in [0.15, 0.2) is 0 Å². The summed E-state index contributed by atoms with van der Waals surface area (Å²) >= 11 is 0. The van der Waals surface area contributed by atoms with Gasteiger partial charge in [-0.1, -0.05) is 60.7 Å². The number of benzene rings is 2. The van der Waals surface area contributed by atoms with E-state index in [1.165, 1.54) is 5.56 Å². The van der Waals surface area contributed by atoms with Crippen molar-refractivity contribution in [3.63, 3.8) is 0 Å². The lowest BCUT2D eigenvalue weighted by atomic mass is 9.94. The molecule has 0 aliphatic carbocycles. The number of carbonyl (C=O) groups excluding carboxylic acids is 2. The number of aryl methyl sites for hydroxylation is 1. The van der Waals surface area contributed by atoms with Crippen LogP contribution < -0.4 is 5.32 Å². The third-order valence-electron chi connectivity index (χ3n) is 7.24. The molecular weight excluding hydrogens is 424 g/mol. The van der Waals surface area contributed by atoms with Crippen LogP contribution in [0.15, 0.2) is 60.7 Å². The van der Waals surface area contributed by atoms with Crippen LogP contribution >= 0.6 is 0 Å². The molecule has 1 N–H and O–H groups in total. The van der Waals surface area contributed by atoms with Crippen LogP contribution in [0.3, 0.4) is 0 Å². The molecule has 2 aromatic carbocycles. The molecule has 2 heterocycles. The topological polar surface area (TPSA) is 55.9 Å². The second kappa shape index (κ2) is 12.1. The van der Waals surface area contributed by atoms with Crippen molar-refractivity contribution in [3.8, 4) is 0 Å². The van der Waals surface area contributed by atoms with Crippen LogP contribution in [-0.2, 0) is 16.0 Å². The van der Waals surface area contributed by atoms with E-state index < -0.39 is 0 Å². The van der Waals surface area contributed by atoms with Crippen LogP contribution in [0.25, 0.3) is 0 Å². The van der Waals surface area contributed by atoms with Crippen molar-refractivity contribution in [2.24, 2.45) is 5.92 Å². The van der Waals surface area contributed by atoms with Gasteiger partial charge in [-0.25, -0.2) is 0 Å². The van der Waals surface area contributed by atoms with Gasteiger partial charge in [0.05, 0.1) is 6.04 Å². The van der Waals surface area contributed by atoms with Crippen LogP contribution in [0, 0.1) is 5.92 Å². The first kappa shape index (κ1) is 24.4. The number of piperidine rings is 1. The summed E-state index contributed by atoms with van der Waals surface area (Å²) in [6.45, 7) is 6.34. The standard InChI is InChI=1S/C28H38N4O2/c1-30-18-20-31(21-19-30)22-26(24-10-6-3-7-11-24)29-28(34)25-14-16-32(17-15-25)27(33)13-12-23-8-4-2-5-9-23/h2-11,25-26H,12-22H2,1H3,(H,29,34). The lowest BCUT2D eigenvalue weighted by Crippen LogP contribution is -2.49. The number of hydrogen-bond acceptors (Lipinski definition) is 4. The van der Waals surface area contributed by atoms with Crippen molar-refractivity contribution in [3.05, 3.63) is 71.8 Å². The number of likely N-dealkylation sites (tertiary alicyclic amines) is 1. The van der Waals surface area contributed by atoms with Gasteiger partial charge in [0, 0.05) is 58.2 Å². The van der Waals surface area contributed by atoms with E-state index in [-0.39, 0.29) is 23.8 Å². The molecule has 2 aliphatic heterocycles. The normalized spacial score (nSPS) is 19.0. The second-order valence-electron chi connectivity index (χ2n) is 9.72. The molecule has 4 rings (SSSR count). The molecule has 182 valence electrons. The fourth-order valence-electron chi connectivity index (χ4n) is 4.94. The Morgan fingerprint density at radius 1 is 0.882 bits per heavy atom. The van der Waals surface area contributed by atoms with Gasteiger partial charge in [-0.05, 0) is 37.4 Å². The second-order valence-corrected chi connectivity index (χ2v) is 9.72. The minimum atomic E-state index is -0.0307. The lowest BCUT2D eigenvalue weighted by Gasteiger charge is -2.36. The number of piperazine rings is 1. The van der Waals surface area contributed by atoms with Gasteiger partial charge in [-0.3, -0.25) is 14.5 Å². The monoisotopic (exact) mass is 462 g/mol. The van der Waals surface area contributed by atoms with Gasteiger partial charge in [0.1, 0.15) is 0 Å². The van der Waals surface area contributed by atoms with Crippen LogP contribution in [-0.4, -0.2) is 79.4 Å². The first-order valence-electron chi connectivity index (χ1n) is 12.7. The van der Waals surface area contributed by atoms with E-state index >= 15 is 0 Å². The highest BCUT2D eigenvalue weighted by Crippen LogP contribution is 2.22. The van der Waals surface area contributed by atoms with Gasteiger partial charge in [0.25, 0.3) is 0 Å². The average molecular weight is 463 g/mol. The zero-order valence-corrected chi connectivity index (χ0v) is 20.4. The van der Waals surface area contributed by atoms with Crippen LogP contribution in [0.5, 0.6) is 0 Å². The summed E-state index contributed by atoms with van der Waals surface area (Å²) in [6.07, 6.45) is 2.77. The molecule has 2 fully saturated rings. The van der Waals surface area contributed by atoms with Crippen molar-refractivity contribution in [1.29, 1.82) is 0 Å². The minimum Gasteiger partial charge on any atom is -0.348 e. The molecule has 0 aromatic heterocycles. The zero-order chi connectivity index (χ0) is 23.8. The van der Waals surface area contributed by atoms with Crippen molar-refractivity contribution in [2.45, 2.75) is 31.7 Å². The van der Waals surface area contributed by atoms with E-state index in [9.17, 15) is 9.59 Å². The summed E-state index contributed by atoms with van der Waals surface area (Å²) in [5.41, 5.74) is 2.35. The molecule has 0 spiro atoms. The molecule has 1 atom stereocenters. The SMILES string of the molecule is CN1CCN(CC(NC(=O)C2CCN(C(=O)CCc3ccccc3)CC2)c2ccccc2)CC1. The van der Waals surface area contributed by atoms with Gasteiger partial charge >= 0.3 is 0 Å². The summed E-state index contributed by atoms with van der Waals surface area (Å²) in [5.74, 6) is 0.288. The summed E-state index contributed by atoms with van der Waals surface area (Å²) < 4.78 is 0. The van der Waals surface area contributed by atoms with E-state index in [0.717, 1.165) is 57.5 Å². The van der Waals surface area contributed by atoms with E-state index in [1.807, 2.05) is 41.3 Å². The smallest absolute Gasteiger partial charge is 0.223 e. The number of likely N-dealkylation sites (N-methyl/N-ethyl adjacent to an activating group) is 1. The Balaban J connectivity index is 1.28. The molecule has 1 unspecified atom stereocenters. The molecular formula is C28H38N4O2. The molecule has 2 aliphatic rings. The molecule has 2 saturated heterocycles. The quantitative estimate of drug-likeness (QED) is 0.655. The average Bonchev–Trinajstić information content (AvgIpc) is 2.89. The molecule has 0 bridgehead atoms. The third kappa shape index (κ3) is 6.90. The van der Waals surface area contributed by atoms with Crippen LogP contribution in [0.2, 0.25) is 0 Å². The maximum absolute atomic E-state index is 13.2. The summed E-state index contributed by atoms with van der Waals surface area (Å²) in [7, 11) is 2.16. The Bertz CT molecular complexity index is 905. The first-order valence-corrected chi connectivity index (χ1v) is 12.7. The maximum Gasteiger partial charge on any atom is 0.223 e. The highest BCUT2D eigenvalue weighted by Gasteiger charge is 2.29. The Morgan fingerprint density at radius 3 is 2.15 bits per heavy atom. The predicted octanol–water partition coefficient (Wildman–Crippen LogP) is 2.96. The zero-order valence-electron chi connectivity index (χ0n) is 20.4. The molecule has 0 radical (unpaired) electrons. The third-order valence-corrected chi connectivity index (χ3v) is 7.24. The van der Waals surface area contributed by atoms with Crippen LogP contribution in [0.4, 0.5) is 0 Å². The molecule has 2 amide bonds. The Labute approximate surface area is 203 Å². The van der Waals surface area contributed by atoms with Crippen LogP contribution in [0.1, 0.15) is 36.4 Å². The van der Waals surface area contributed by atoms with Gasteiger partial charge in [0.2, 0.25) is 11.8 Å². The summed E-state index contributed by atoms with van der Waals surface area (Å²) in [6, 6.07) is 20.4. The Morgan fingerprint density at radius 2 is 1.50 bits per heavy atom. The number of carbonyl (C=O) groups is 2. The fraction of sp³-hybridized carbons (Fsp3) is 0.500. The fourth-order valence-corrected chi connectivity index (χ4v) is 4.94. The van der Waals surface area contributed by atoms with Crippen molar-refractivity contribution in [2.75, 3.05) is 52.9 Å². The highest BCUT2D eigenvalue weighted by molar-refractivity contribution is 5.80. The number of rotatable bonds is 8. The molecule has 6 heteroatoms. The Kier molecular flexibility index (Phi) is 8.72. The number of nitrogens with zero attached hydrogens (tertiary/aromatic N) is 3. The highest BCUT2D eigenvalue weighted by atomic mass is 16.2. The molecule has 0 saturated carbocycles. The largest absolute Gasteiger partial charge is 0.348 e. The first-order chi connectivity index (χ1) is 16.6. The Hall–Kier alpha value is -2.70. The van der Waals surface area contributed by atoms with Crippen molar-refractivity contribution in [1.82, 2.24) is 20.0 Å². The molecule has 6 nitrogen and oxygen atoms in total. The maximum atomic E-state index is 13.2. The number of amides is 2. The number of nitrogens with one attached hydrogen (secondary N) is 1. The van der Waals surface area contributed by atoms with Gasteiger partial charge in [-0.2, -0.15) is 0 Å². The van der Waals surface area contributed by atoms with E-state index in [1.54, 1.807) is 0 Å². The molecule has 2 aromatic rings. The van der Waals surface area contributed by atoms with E-state index in [0.29, 0.717) is 19.5 Å². The van der Waals surface area contributed by atoms with Crippen molar-refractivity contribution < 1.29 is 9.59 Å². The number of hydrogen-bond donors (Lipinski definition) is 1. The molecule has 34 heavy (non-hydrogen) atoms. The van der Waals surface area contributed by atoms with Crippen molar-refractivity contribution >= 4 is 11.8 Å². The van der Waals surface area contributed by atoms with Gasteiger partial charge in [-0.15, -0.1) is 0 Å². The summed E-state index contributed by atoms with van der Waals surface area (Å²) in [4.78, 5) is 32.6.